The Hall–Kier alpha value is -3.84. The molecule has 0 spiro atoms. The standard InChI is InChI=1S/C27H29N7/c1-32(2)19-9-7-18(8-10-19)26-29-23-6-4-5-21(25(23)31-26)27-28-22-12-11-20(17-24(22)30-27)34-15-13-33(3)14-16-34/h4-12,17H,13-16H2,1-3H3,(H,28,30)(H,29,31). The molecular formula is C27H29N7. The van der Waals surface area contributed by atoms with E-state index in [0.29, 0.717) is 0 Å². The Balaban J connectivity index is 1.36. The van der Waals surface area contributed by atoms with Crippen LogP contribution >= 0.6 is 0 Å². The Morgan fingerprint density at radius 3 is 2.32 bits per heavy atom. The van der Waals surface area contributed by atoms with Crippen molar-refractivity contribution in [3.8, 4) is 22.8 Å². The Bertz CT molecular complexity index is 1450. The number of imidazole rings is 2. The summed E-state index contributed by atoms with van der Waals surface area (Å²) in [6.07, 6.45) is 0. The van der Waals surface area contributed by atoms with E-state index in [2.05, 4.69) is 92.4 Å². The number of piperazine rings is 1. The molecule has 172 valence electrons. The summed E-state index contributed by atoms with van der Waals surface area (Å²) in [7, 11) is 6.27. The molecule has 0 radical (unpaired) electrons. The summed E-state index contributed by atoms with van der Waals surface area (Å²) in [5.41, 5.74) is 8.43. The van der Waals surface area contributed by atoms with Gasteiger partial charge in [-0.25, -0.2) is 9.97 Å². The third kappa shape index (κ3) is 3.68. The van der Waals surface area contributed by atoms with E-state index in [1.165, 1.54) is 11.4 Å². The Kier molecular flexibility index (Phi) is 4.99. The predicted molar refractivity (Wildman–Crippen MR) is 141 cm³/mol. The fourth-order valence-corrected chi connectivity index (χ4v) is 4.66. The number of H-pyrrole nitrogens is 2. The van der Waals surface area contributed by atoms with Crippen molar-refractivity contribution in [1.29, 1.82) is 0 Å². The summed E-state index contributed by atoms with van der Waals surface area (Å²) in [5, 5.41) is 0. The zero-order valence-electron chi connectivity index (χ0n) is 19.8. The van der Waals surface area contributed by atoms with Crippen molar-refractivity contribution in [2.75, 3.05) is 57.1 Å². The van der Waals surface area contributed by atoms with Gasteiger partial charge in [-0.2, -0.15) is 0 Å². The van der Waals surface area contributed by atoms with Crippen molar-refractivity contribution in [3.05, 3.63) is 60.7 Å². The molecule has 5 aromatic rings. The molecule has 6 rings (SSSR count). The van der Waals surface area contributed by atoms with E-state index < -0.39 is 0 Å². The van der Waals surface area contributed by atoms with Crippen LogP contribution in [0.3, 0.4) is 0 Å². The molecule has 0 amide bonds. The van der Waals surface area contributed by atoms with Crippen LogP contribution in [-0.2, 0) is 0 Å². The lowest BCUT2D eigenvalue weighted by Gasteiger charge is -2.34. The highest BCUT2D eigenvalue weighted by Gasteiger charge is 2.17. The van der Waals surface area contributed by atoms with E-state index in [9.17, 15) is 0 Å². The third-order valence-corrected chi connectivity index (χ3v) is 6.76. The van der Waals surface area contributed by atoms with Gasteiger partial charge in [0.1, 0.15) is 11.6 Å². The maximum atomic E-state index is 4.96. The van der Waals surface area contributed by atoms with E-state index in [4.69, 9.17) is 9.97 Å². The van der Waals surface area contributed by atoms with Crippen molar-refractivity contribution in [2.45, 2.75) is 0 Å². The molecule has 7 nitrogen and oxygen atoms in total. The Morgan fingerprint density at radius 2 is 1.56 bits per heavy atom. The first-order valence-corrected chi connectivity index (χ1v) is 11.8. The van der Waals surface area contributed by atoms with Crippen LogP contribution in [0.25, 0.3) is 44.8 Å². The quantitative estimate of drug-likeness (QED) is 0.418. The molecule has 34 heavy (non-hydrogen) atoms. The summed E-state index contributed by atoms with van der Waals surface area (Å²) >= 11 is 0. The van der Waals surface area contributed by atoms with E-state index in [0.717, 1.165) is 71.0 Å². The summed E-state index contributed by atoms with van der Waals surface area (Å²) in [5.74, 6) is 1.71. The van der Waals surface area contributed by atoms with Crippen molar-refractivity contribution in [2.24, 2.45) is 0 Å². The molecule has 0 bridgehead atoms. The molecule has 1 fully saturated rings. The van der Waals surface area contributed by atoms with Crippen molar-refractivity contribution in [1.82, 2.24) is 24.8 Å². The van der Waals surface area contributed by atoms with Crippen molar-refractivity contribution >= 4 is 33.4 Å². The lowest BCUT2D eigenvalue weighted by Crippen LogP contribution is -2.44. The monoisotopic (exact) mass is 451 g/mol. The van der Waals surface area contributed by atoms with Crippen LogP contribution in [0.4, 0.5) is 11.4 Å². The number of likely N-dealkylation sites (N-methyl/N-ethyl adjacent to an activating group) is 1. The highest BCUT2D eigenvalue weighted by atomic mass is 15.2. The number of anilines is 2. The summed E-state index contributed by atoms with van der Waals surface area (Å²) < 4.78 is 0. The maximum absolute atomic E-state index is 4.96. The van der Waals surface area contributed by atoms with E-state index in [-0.39, 0.29) is 0 Å². The minimum Gasteiger partial charge on any atom is -0.378 e. The Morgan fingerprint density at radius 1 is 0.794 bits per heavy atom. The first-order valence-electron chi connectivity index (χ1n) is 11.8. The molecule has 0 atom stereocenters. The largest absolute Gasteiger partial charge is 0.378 e. The van der Waals surface area contributed by atoms with Crippen LogP contribution in [0.1, 0.15) is 0 Å². The van der Waals surface area contributed by atoms with E-state index in [1.54, 1.807) is 0 Å². The fourth-order valence-electron chi connectivity index (χ4n) is 4.66. The van der Waals surface area contributed by atoms with Gasteiger partial charge in [0.15, 0.2) is 0 Å². The molecule has 1 saturated heterocycles. The van der Waals surface area contributed by atoms with Crippen LogP contribution in [-0.4, -0.2) is 72.2 Å². The minimum absolute atomic E-state index is 0.845. The van der Waals surface area contributed by atoms with Crippen LogP contribution in [0.15, 0.2) is 60.7 Å². The van der Waals surface area contributed by atoms with E-state index in [1.807, 2.05) is 14.1 Å². The second-order valence-corrected chi connectivity index (χ2v) is 9.31. The second-order valence-electron chi connectivity index (χ2n) is 9.31. The van der Waals surface area contributed by atoms with Crippen LogP contribution in [0.5, 0.6) is 0 Å². The molecule has 1 aliphatic rings. The maximum Gasteiger partial charge on any atom is 0.140 e. The van der Waals surface area contributed by atoms with Crippen LogP contribution in [0, 0.1) is 0 Å². The number of hydrogen-bond acceptors (Lipinski definition) is 5. The lowest BCUT2D eigenvalue weighted by atomic mass is 10.2. The molecular weight excluding hydrogens is 422 g/mol. The molecule has 3 aromatic carbocycles. The van der Waals surface area contributed by atoms with Gasteiger partial charge in [-0.15, -0.1) is 0 Å². The first kappa shape index (κ1) is 20.7. The Labute approximate surface area is 199 Å². The number of benzene rings is 3. The van der Waals surface area contributed by atoms with Gasteiger partial charge >= 0.3 is 0 Å². The summed E-state index contributed by atoms with van der Waals surface area (Å²) in [6.45, 7) is 4.28. The van der Waals surface area contributed by atoms with Crippen molar-refractivity contribution in [3.63, 3.8) is 0 Å². The fraction of sp³-hybridized carbons (Fsp3) is 0.259. The number of hydrogen-bond donors (Lipinski definition) is 2. The number of nitrogens with zero attached hydrogens (tertiary/aromatic N) is 5. The summed E-state index contributed by atoms with van der Waals surface area (Å²) in [6, 6.07) is 21.2. The zero-order valence-corrected chi connectivity index (χ0v) is 19.8. The van der Waals surface area contributed by atoms with Crippen molar-refractivity contribution < 1.29 is 0 Å². The molecule has 1 aliphatic heterocycles. The normalized spacial score (nSPS) is 14.9. The molecule has 2 N–H and O–H groups in total. The summed E-state index contributed by atoms with van der Waals surface area (Å²) in [4.78, 5) is 23.8. The molecule has 0 aliphatic carbocycles. The van der Waals surface area contributed by atoms with Gasteiger partial charge in [-0.3, -0.25) is 0 Å². The van der Waals surface area contributed by atoms with Gasteiger partial charge in [-0.05, 0) is 61.6 Å². The minimum atomic E-state index is 0.845. The molecule has 0 saturated carbocycles. The third-order valence-electron chi connectivity index (χ3n) is 6.76. The average Bonchev–Trinajstić information content (AvgIpc) is 3.48. The van der Waals surface area contributed by atoms with Gasteiger partial charge in [0.2, 0.25) is 0 Å². The molecule has 2 aromatic heterocycles. The highest BCUT2D eigenvalue weighted by Crippen LogP contribution is 2.31. The molecule has 3 heterocycles. The SMILES string of the molecule is CN1CCN(c2ccc3nc(-c4cccc5[nH]c(-c6ccc(N(C)C)cc6)nc45)[nH]c3c2)CC1. The number of para-hydroxylation sites is 1. The van der Waals surface area contributed by atoms with Gasteiger partial charge < -0.3 is 24.7 Å². The number of aromatic nitrogens is 4. The number of fused-ring (bicyclic) bond motifs is 2. The van der Waals surface area contributed by atoms with Gasteiger partial charge in [0, 0.05) is 62.8 Å². The zero-order chi connectivity index (χ0) is 23.2. The van der Waals surface area contributed by atoms with Crippen LogP contribution < -0.4 is 9.80 Å². The molecule has 0 unspecified atom stereocenters. The second kappa shape index (κ2) is 8.18. The highest BCUT2D eigenvalue weighted by molar-refractivity contribution is 5.94. The number of nitrogens with one attached hydrogen (secondary N) is 2. The number of aromatic amines is 2. The van der Waals surface area contributed by atoms with Crippen LogP contribution in [0.2, 0.25) is 0 Å². The number of rotatable bonds is 4. The average molecular weight is 452 g/mol. The topological polar surface area (TPSA) is 67.1 Å². The lowest BCUT2D eigenvalue weighted by molar-refractivity contribution is 0.313. The predicted octanol–water partition coefficient (Wildman–Crippen LogP) is 4.59. The first-order chi connectivity index (χ1) is 16.5. The smallest absolute Gasteiger partial charge is 0.140 e. The van der Waals surface area contributed by atoms with Gasteiger partial charge in [0.25, 0.3) is 0 Å². The van der Waals surface area contributed by atoms with Gasteiger partial charge in [-0.1, -0.05) is 6.07 Å². The van der Waals surface area contributed by atoms with E-state index >= 15 is 0 Å². The van der Waals surface area contributed by atoms with Gasteiger partial charge in [0.05, 0.1) is 22.1 Å². The molecule has 7 heteroatoms.